The highest BCUT2D eigenvalue weighted by Gasteiger charge is 2.10. The van der Waals surface area contributed by atoms with Crippen LogP contribution < -0.4 is 5.32 Å². The SMILES string of the molecule is CC[C@H](C)c1ccc(NC(=O)CCSc2nc3nc(C)ccc3o2)cc1. The molecule has 0 unspecified atom stereocenters. The molecule has 0 spiro atoms. The van der Waals surface area contributed by atoms with Crippen molar-refractivity contribution in [3.05, 3.63) is 47.7 Å². The number of carbonyl (C=O) groups excluding carboxylic acids is 1. The molecule has 0 radical (unpaired) electrons. The quantitative estimate of drug-likeness (QED) is 0.582. The Morgan fingerprint density at radius 2 is 1.96 bits per heavy atom. The van der Waals surface area contributed by atoms with Crippen LogP contribution in [0.2, 0.25) is 0 Å². The predicted molar refractivity (Wildman–Crippen MR) is 106 cm³/mol. The number of nitrogens with zero attached hydrogens (tertiary/aromatic N) is 2. The maximum absolute atomic E-state index is 12.1. The number of thioether (sulfide) groups is 1. The van der Waals surface area contributed by atoms with Gasteiger partial charge in [-0.05, 0) is 49.1 Å². The van der Waals surface area contributed by atoms with Crippen LogP contribution in [0.15, 0.2) is 46.0 Å². The Hall–Kier alpha value is -2.34. The molecule has 26 heavy (non-hydrogen) atoms. The van der Waals surface area contributed by atoms with Gasteiger partial charge in [0.15, 0.2) is 11.2 Å². The minimum absolute atomic E-state index is 0.0149. The highest BCUT2D eigenvalue weighted by molar-refractivity contribution is 7.99. The molecule has 2 aromatic heterocycles. The lowest BCUT2D eigenvalue weighted by Crippen LogP contribution is -2.12. The van der Waals surface area contributed by atoms with E-state index in [1.807, 2.05) is 31.2 Å². The maximum atomic E-state index is 12.1. The Balaban J connectivity index is 1.49. The van der Waals surface area contributed by atoms with Gasteiger partial charge in [0.2, 0.25) is 5.91 Å². The van der Waals surface area contributed by atoms with E-state index in [0.29, 0.717) is 34.5 Å². The van der Waals surface area contributed by atoms with E-state index in [2.05, 4.69) is 41.3 Å². The Morgan fingerprint density at radius 3 is 2.69 bits per heavy atom. The Bertz CT molecular complexity index is 890. The van der Waals surface area contributed by atoms with Crippen LogP contribution in [0, 0.1) is 6.92 Å². The first-order chi connectivity index (χ1) is 12.5. The van der Waals surface area contributed by atoms with Gasteiger partial charge in [-0.25, -0.2) is 4.98 Å². The third-order valence-corrected chi connectivity index (χ3v) is 5.13. The predicted octanol–water partition coefficient (Wildman–Crippen LogP) is 5.17. The molecule has 6 heteroatoms. The fourth-order valence-electron chi connectivity index (χ4n) is 2.54. The lowest BCUT2D eigenvalue weighted by atomic mass is 9.99. The van der Waals surface area contributed by atoms with Crippen molar-refractivity contribution in [3.63, 3.8) is 0 Å². The fraction of sp³-hybridized carbons (Fsp3) is 0.350. The van der Waals surface area contributed by atoms with Gasteiger partial charge in [-0.2, -0.15) is 4.98 Å². The van der Waals surface area contributed by atoms with Gasteiger partial charge in [-0.3, -0.25) is 4.79 Å². The number of pyridine rings is 1. The summed E-state index contributed by atoms with van der Waals surface area (Å²) < 4.78 is 5.63. The van der Waals surface area contributed by atoms with Gasteiger partial charge in [-0.15, -0.1) is 0 Å². The number of oxazole rings is 1. The first kappa shape index (κ1) is 18.5. The third kappa shape index (κ3) is 4.64. The van der Waals surface area contributed by atoms with E-state index in [1.165, 1.54) is 17.3 Å². The van der Waals surface area contributed by atoms with E-state index >= 15 is 0 Å². The molecular formula is C20H23N3O2S. The highest BCUT2D eigenvalue weighted by atomic mass is 32.2. The molecule has 3 aromatic rings. The zero-order chi connectivity index (χ0) is 18.5. The fourth-order valence-corrected chi connectivity index (χ4v) is 3.30. The number of fused-ring (bicyclic) bond motifs is 1. The van der Waals surface area contributed by atoms with Gasteiger partial charge in [0.1, 0.15) is 0 Å². The number of rotatable bonds is 7. The second-order valence-corrected chi connectivity index (χ2v) is 7.38. The first-order valence-corrected chi connectivity index (χ1v) is 9.80. The second-order valence-electron chi connectivity index (χ2n) is 6.33. The van der Waals surface area contributed by atoms with Gasteiger partial charge in [-0.1, -0.05) is 37.7 Å². The van der Waals surface area contributed by atoms with Gasteiger partial charge < -0.3 is 9.73 Å². The van der Waals surface area contributed by atoms with Crippen LogP contribution in [0.3, 0.4) is 0 Å². The van der Waals surface area contributed by atoms with Crippen LogP contribution in [0.4, 0.5) is 5.69 Å². The summed E-state index contributed by atoms with van der Waals surface area (Å²) in [6.45, 7) is 6.29. The van der Waals surface area contributed by atoms with E-state index in [1.54, 1.807) is 0 Å². The average Bonchev–Trinajstić information content (AvgIpc) is 3.03. The van der Waals surface area contributed by atoms with Crippen molar-refractivity contribution in [2.24, 2.45) is 0 Å². The monoisotopic (exact) mass is 369 g/mol. The van der Waals surface area contributed by atoms with Crippen molar-refractivity contribution in [1.29, 1.82) is 0 Å². The third-order valence-electron chi connectivity index (χ3n) is 4.30. The summed E-state index contributed by atoms with van der Waals surface area (Å²) in [6.07, 6.45) is 1.50. The van der Waals surface area contributed by atoms with Crippen molar-refractivity contribution < 1.29 is 9.21 Å². The van der Waals surface area contributed by atoms with Crippen LogP contribution in [0.25, 0.3) is 11.2 Å². The smallest absolute Gasteiger partial charge is 0.258 e. The molecule has 1 atom stereocenters. The van der Waals surface area contributed by atoms with Gasteiger partial charge >= 0.3 is 0 Å². The lowest BCUT2D eigenvalue weighted by molar-refractivity contribution is -0.115. The molecule has 2 heterocycles. The Morgan fingerprint density at radius 1 is 1.19 bits per heavy atom. The molecule has 0 aliphatic heterocycles. The zero-order valence-corrected chi connectivity index (χ0v) is 16.1. The summed E-state index contributed by atoms with van der Waals surface area (Å²) >= 11 is 1.42. The van der Waals surface area contributed by atoms with Crippen LogP contribution in [-0.2, 0) is 4.79 Å². The summed E-state index contributed by atoms with van der Waals surface area (Å²) in [5.41, 5.74) is 4.30. The molecular weight excluding hydrogens is 346 g/mol. The minimum atomic E-state index is -0.0149. The normalized spacial score (nSPS) is 12.3. The first-order valence-electron chi connectivity index (χ1n) is 8.82. The van der Waals surface area contributed by atoms with Crippen LogP contribution in [-0.4, -0.2) is 21.6 Å². The maximum Gasteiger partial charge on any atom is 0.258 e. The molecule has 0 saturated carbocycles. The van der Waals surface area contributed by atoms with Crippen molar-refractivity contribution in [1.82, 2.24) is 9.97 Å². The van der Waals surface area contributed by atoms with Crippen molar-refractivity contribution >= 4 is 34.6 Å². The summed E-state index contributed by atoms with van der Waals surface area (Å²) in [7, 11) is 0. The summed E-state index contributed by atoms with van der Waals surface area (Å²) in [5, 5.41) is 3.48. The van der Waals surface area contributed by atoms with Crippen LogP contribution in [0.5, 0.6) is 0 Å². The molecule has 136 valence electrons. The minimum Gasteiger partial charge on any atom is -0.430 e. The molecule has 0 saturated heterocycles. The molecule has 0 fully saturated rings. The molecule has 0 aliphatic carbocycles. The number of carbonyl (C=O) groups is 1. The summed E-state index contributed by atoms with van der Waals surface area (Å²) in [4.78, 5) is 20.8. The van der Waals surface area contributed by atoms with E-state index in [0.717, 1.165) is 17.8 Å². The molecule has 1 N–H and O–H groups in total. The standard InChI is InChI=1S/C20H23N3O2S/c1-4-13(2)15-6-8-16(9-7-15)22-18(24)11-12-26-20-23-19-17(25-20)10-5-14(3)21-19/h5-10,13H,4,11-12H2,1-3H3,(H,22,24)/t13-/m0/s1. The van der Waals surface area contributed by atoms with Gasteiger partial charge in [0, 0.05) is 23.6 Å². The number of aromatic nitrogens is 2. The molecule has 3 rings (SSSR count). The summed E-state index contributed by atoms with van der Waals surface area (Å²) in [6, 6.07) is 11.8. The largest absolute Gasteiger partial charge is 0.430 e. The number of anilines is 1. The number of aryl methyl sites for hydroxylation is 1. The number of benzene rings is 1. The number of hydrogen-bond acceptors (Lipinski definition) is 5. The second kappa shape index (κ2) is 8.36. The van der Waals surface area contributed by atoms with E-state index < -0.39 is 0 Å². The molecule has 1 aromatic carbocycles. The van der Waals surface area contributed by atoms with E-state index in [-0.39, 0.29) is 5.91 Å². The number of nitrogens with one attached hydrogen (secondary N) is 1. The van der Waals surface area contributed by atoms with Crippen LogP contribution >= 0.6 is 11.8 Å². The van der Waals surface area contributed by atoms with Gasteiger partial charge in [0.25, 0.3) is 5.22 Å². The van der Waals surface area contributed by atoms with Crippen molar-refractivity contribution in [2.75, 3.05) is 11.1 Å². The van der Waals surface area contributed by atoms with E-state index in [4.69, 9.17) is 4.42 Å². The average molecular weight is 369 g/mol. The molecule has 1 amide bonds. The summed E-state index contributed by atoms with van der Waals surface area (Å²) in [5.74, 6) is 1.12. The van der Waals surface area contributed by atoms with Crippen molar-refractivity contribution in [2.45, 2.75) is 44.8 Å². The van der Waals surface area contributed by atoms with Crippen LogP contribution in [0.1, 0.15) is 43.9 Å². The van der Waals surface area contributed by atoms with Crippen molar-refractivity contribution in [3.8, 4) is 0 Å². The Labute approximate surface area is 157 Å². The zero-order valence-electron chi connectivity index (χ0n) is 15.3. The molecule has 0 aliphatic rings. The molecule has 0 bridgehead atoms. The number of amides is 1. The molecule has 5 nitrogen and oxygen atoms in total. The van der Waals surface area contributed by atoms with E-state index in [9.17, 15) is 4.79 Å². The van der Waals surface area contributed by atoms with Gasteiger partial charge in [0.05, 0.1) is 0 Å². The number of hydrogen-bond donors (Lipinski definition) is 1. The topological polar surface area (TPSA) is 68.0 Å². The Kier molecular flexibility index (Phi) is 5.93. The lowest BCUT2D eigenvalue weighted by Gasteiger charge is -2.10. The highest BCUT2D eigenvalue weighted by Crippen LogP contribution is 2.24.